The first kappa shape index (κ1) is 13.3. The molecule has 0 spiro atoms. The molecule has 1 aliphatic heterocycles. The molecule has 2 rings (SSSR count). The average Bonchev–Trinajstić information content (AvgIpc) is 2.53. The van der Waals surface area contributed by atoms with E-state index >= 15 is 0 Å². The predicted octanol–water partition coefficient (Wildman–Crippen LogP) is 1.33. The lowest BCUT2D eigenvalue weighted by Crippen LogP contribution is -2.30. The van der Waals surface area contributed by atoms with Gasteiger partial charge in [0.2, 0.25) is 0 Å². The van der Waals surface area contributed by atoms with Crippen molar-refractivity contribution in [3.8, 4) is 0 Å². The van der Waals surface area contributed by atoms with E-state index in [2.05, 4.69) is 21.8 Å². The first-order valence-electron chi connectivity index (χ1n) is 6.63. The van der Waals surface area contributed by atoms with Crippen LogP contribution in [0.15, 0.2) is 6.07 Å². The molecule has 1 saturated heterocycles. The topological polar surface area (TPSA) is 39.6 Å². The molecule has 0 bridgehead atoms. The van der Waals surface area contributed by atoms with E-state index in [1.54, 1.807) is 0 Å². The Labute approximate surface area is 109 Å². The van der Waals surface area contributed by atoms with Gasteiger partial charge in [0.25, 0.3) is 0 Å². The van der Waals surface area contributed by atoms with E-state index in [-0.39, 0.29) is 6.61 Å². The third-order valence-corrected chi connectivity index (χ3v) is 3.63. The van der Waals surface area contributed by atoms with Crippen LogP contribution in [0, 0.1) is 13.8 Å². The second kappa shape index (κ2) is 5.67. The molecule has 1 aromatic heterocycles. The standard InChI is InChI=1S/C14H23N3O/c1-11-9-12(2)15-14(13(11)10-18)17-6-4-5-16(3)7-8-17/h9,18H,4-8,10H2,1-3H3. The molecule has 4 heteroatoms. The zero-order valence-electron chi connectivity index (χ0n) is 11.6. The Kier molecular flexibility index (Phi) is 4.19. The van der Waals surface area contributed by atoms with Crippen LogP contribution in [0.4, 0.5) is 5.82 Å². The fourth-order valence-electron chi connectivity index (χ4n) is 2.56. The molecule has 4 nitrogen and oxygen atoms in total. The summed E-state index contributed by atoms with van der Waals surface area (Å²) in [7, 11) is 2.16. The van der Waals surface area contributed by atoms with Crippen molar-refractivity contribution in [2.75, 3.05) is 38.1 Å². The maximum atomic E-state index is 9.57. The lowest BCUT2D eigenvalue weighted by molar-refractivity contribution is 0.280. The van der Waals surface area contributed by atoms with Gasteiger partial charge in [-0.2, -0.15) is 0 Å². The average molecular weight is 249 g/mol. The van der Waals surface area contributed by atoms with Gasteiger partial charge in [0.1, 0.15) is 5.82 Å². The molecule has 100 valence electrons. The Balaban J connectivity index is 2.31. The minimum Gasteiger partial charge on any atom is -0.392 e. The summed E-state index contributed by atoms with van der Waals surface area (Å²) in [5, 5.41) is 9.57. The maximum Gasteiger partial charge on any atom is 0.134 e. The Hall–Kier alpha value is -1.13. The molecule has 0 saturated carbocycles. The van der Waals surface area contributed by atoms with Crippen molar-refractivity contribution in [3.05, 3.63) is 22.9 Å². The van der Waals surface area contributed by atoms with Crippen molar-refractivity contribution < 1.29 is 5.11 Å². The van der Waals surface area contributed by atoms with Crippen molar-refractivity contribution in [3.63, 3.8) is 0 Å². The number of aliphatic hydroxyl groups is 1. The summed E-state index contributed by atoms with van der Waals surface area (Å²) in [6.45, 7) is 8.33. The SMILES string of the molecule is Cc1cc(C)c(CO)c(N2CCCN(C)CC2)n1. The summed E-state index contributed by atoms with van der Waals surface area (Å²) in [6, 6.07) is 2.04. The van der Waals surface area contributed by atoms with Crippen LogP contribution >= 0.6 is 0 Å². The van der Waals surface area contributed by atoms with Gasteiger partial charge in [0, 0.05) is 30.9 Å². The van der Waals surface area contributed by atoms with Crippen molar-refractivity contribution in [1.29, 1.82) is 0 Å². The van der Waals surface area contributed by atoms with Gasteiger partial charge in [-0.1, -0.05) is 0 Å². The Morgan fingerprint density at radius 3 is 2.72 bits per heavy atom. The van der Waals surface area contributed by atoms with Crippen molar-refractivity contribution in [1.82, 2.24) is 9.88 Å². The van der Waals surface area contributed by atoms with Crippen LogP contribution in [-0.2, 0) is 6.61 Å². The van der Waals surface area contributed by atoms with Crippen molar-refractivity contribution in [2.45, 2.75) is 26.9 Å². The normalized spacial score (nSPS) is 17.9. The maximum absolute atomic E-state index is 9.57. The molecule has 0 unspecified atom stereocenters. The van der Waals surface area contributed by atoms with Crippen LogP contribution in [0.1, 0.15) is 23.2 Å². The van der Waals surface area contributed by atoms with Gasteiger partial charge < -0.3 is 14.9 Å². The minimum atomic E-state index is 0.0702. The Bertz CT molecular complexity index is 420. The lowest BCUT2D eigenvalue weighted by Gasteiger charge is -2.25. The summed E-state index contributed by atoms with van der Waals surface area (Å²) >= 11 is 0. The van der Waals surface area contributed by atoms with E-state index in [1.165, 1.54) is 0 Å². The molecule has 0 amide bonds. The first-order valence-corrected chi connectivity index (χ1v) is 6.63. The number of rotatable bonds is 2. The molecular formula is C14H23N3O. The number of nitrogens with zero attached hydrogens (tertiary/aromatic N) is 3. The van der Waals surface area contributed by atoms with Gasteiger partial charge in [0.05, 0.1) is 6.61 Å². The highest BCUT2D eigenvalue weighted by atomic mass is 16.3. The smallest absolute Gasteiger partial charge is 0.134 e. The number of hydrogen-bond donors (Lipinski definition) is 1. The van der Waals surface area contributed by atoms with Crippen LogP contribution in [0.2, 0.25) is 0 Å². The zero-order chi connectivity index (χ0) is 13.1. The van der Waals surface area contributed by atoms with Crippen molar-refractivity contribution >= 4 is 5.82 Å². The fourth-order valence-corrected chi connectivity index (χ4v) is 2.56. The molecule has 1 fully saturated rings. The van der Waals surface area contributed by atoms with Gasteiger partial charge in [-0.3, -0.25) is 0 Å². The van der Waals surface area contributed by atoms with Crippen LogP contribution in [0.3, 0.4) is 0 Å². The van der Waals surface area contributed by atoms with Crippen LogP contribution in [-0.4, -0.2) is 48.2 Å². The third-order valence-electron chi connectivity index (χ3n) is 3.63. The van der Waals surface area contributed by atoms with Gasteiger partial charge in [0.15, 0.2) is 0 Å². The number of aliphatic hydroxyl groups excluding tert-OH is 1. The molecule has 0 radical (unpaired) electrons. The highest BCUT2D eigenvalue weighted by molar-refractivity contribution is 5.51. The summed E-state index contributed by atoms with van der Waals surface area (Å²) in [5.41, 5.74) is 3.14. The number of anilines is 1. The second-order valence-electron chi connectivity index (χ2n) is 5.18. The molecule has 1 aromatic rings. The van der Waals surface area contributed by atoms with Crippen LogP contribution < -0.4 is 4.90 Å². The fraction of sp³-hybridized carbons (Fsp3) is 0.643. The van der Waals surface area contributed by atoms with Crippen molar-refractivity contribution in [2.24, 2.45) is 0 Å². The zero-order valence-corrected chi connectivity index (χ0v) is 11.6. The largest absolute Gasteiger partial charge is 0.392 e. The highest BCUT2D eigenvalue weighted by Gasteiger charge is 2.18. The summed E-state index contributed by atoms with van der Waals surface area (Å²) in [4.78, 5) is 9.31. The van der Waals surface area contributed by atoms with Crippen LogP contribution in [0.5, 0.6) is 0 Å². The summed E-state index contributed by atoms with van der Waals surface area (Å²) in [5.74, 6) is 0.977. The lowest BCUT2D eigenvalue weighted by atomic mass is 10.1. The molecule has 1 N–H and O–H groups in total. The predicted molar refractivity (Wildman–Crippen MR) is 74.0 cm³/mol. The van der Waals surface area contributed by atoms with Gasteiger partial charge in [-0.15, -0.1) is 0 Å². The molecule has 0 atom stereocenters. The quantitative estimate of drug-likeness (QED) is 0.858. The van der Waals surface area contributed by atoms with E-state index < -0.39 is 0 Å². The molecule has 1 aliphatic rings. The Morgan fingerprint density at radius 1 is 1.22 bits per heavy atom. The van der Waals surface area contributed by atoms with E-state index in [4.69, 9.17) is 0 Å². The second-order valence-corrected chi connectivity index (χ2v) is 5.18. The monoisotopic (exact) mass is 249 g/mol. The molecule has 2 heterocycles. The van der Waals surface area contributed by atoms with Gasteiger partial charge in [-0.25, -0.2) is 4.98 Å². The summed E-state index contributed by atoms with van der Waals surface area (Å²) in [6.07, 6.45) is 1.15. The highest BCUT2D eigenvalue weighted by Crippen LogP contribution is 2.23. The summed E-state index contributed by atoms with van der Waals surface area (Å²) < 4.78 is 0. The number of hydrogen-bond acceptors (Lipinski definition) is 4. The minimum absolute atomic E-state index is 0.0702. The first-order chi connectivity index (χ1) is 8.61. The third kappa shape index (κ3) is 2.82. The molecule has 0 aliphatic carbocycles. The number of pyridine rings is 1. The number of aryl methyl sites for hydroxylation is 2. The van der Waals surface area contributed by atoms with E-state index in [0.29, 0.717) is 0 Å². The number of aromatic nitrogens is 1. The molecular weight excluding hydrogens is 226 g/mol. The van der Waals surface area contributed by atoms with Crippen LogP contribution in [0.25, 0.3) is 0 Å². The van der Waals surface area contributed by atoms with E-state index in [9.17, 15) is 5.11 Å². The van der Waals surface area contributed by atoms with E-state index in [1.807, 2.05) is 19.9 Å². The molecule has 18 heavy (non-hydrogen) atoms. The molecule has 0 aromatic carbocycles. The van der Waals surface area contributed by atoms with Gasteiger partial charge >= 0.3 is 0 Å². The van der Waals surface area contributed by atoms with Gasteiger partial charge in [-0.05, 0) is 45.5 Å². The van der Waals surface area contributed by atoms with E-state index in [0.717, 1.165) is 55.2 Å². The Morgan fingerprint density at radius 2 is 2.00 bits per heavy atom. The number of likely N-dealkylation sites (N-methyl/N-ethyl adjacent to an activating group) is 1.